The molecule has 2 aromatic heterocycles. The van der Waals surface area contributed by atoms with Gasteiger partial charge >= 0.3 is 0 Å². The van der Waals surface area contributed by atoms with Gasteiger partial charge in [-0.05, 0) is 19.1 Å². The quantitative estimate of drug-likeness (QED) is 0.599. The van der Waals surface area contributed by atoms with Crippen LogP contribution in [-0.2, 0) is 6.54 Å². The molecule has 0 saturated carbocycles. The van der Waals surface area contributed by atoms with Crippen LogP contribution in [0.25, 0.3) is 0 Å². The Morgan fingerprint density at radius 1 is 1.44 bits per heavy atom. The molecule has 0 spiro atoms. The molecule has 0 atom stereocenters. The maximum atomic E-state index is 10.5. The number of nitro groups is 1. The van der Waals surface area contributed by atoms with E-state index < -0.39 is 4.92 Å². The van der Waals surface area contributed by atoms with Crippen molar-refractivity contribution in [1.29, 1.82) is 0 Å². The SMILES string of the molecule is CCN(Cc1ccoc1)c1ccc([N+](=O)[O-])cn1. The molecule has 18 heavy (non-hydrogen) atoms. The maximum absolute atomic E-state index is 10.5. The van der Waals surface area contributed by atoms with Crippen molar-refractivity contribution in [3.8, 4) is 0 Å². The topological polar surface area (TPSA) is 72.4 Å². The molecule has 2 rings (SSSR count). The second-order valence-corrected chi connectivity index (χ2v) is 3.78. The molecule has 0 saturated heterocycles. The molecular weight excluding hydrogens is 234 g/mol. The van der Waals surface area contributed by atoms with Crippen LogP contribution < -0.4 is 4.90 Å². The van der Waals surface area contributed by atoms with Crippen LogP contribution >= 0.6 is 0 Å². The van der Waals surface area contributed by atoms with E-state index in [4.69, 9.17) is 4.42 Å². The summed E-state index contributed by atoms with van der Waals surface area (Å²) in [6.07, 6.45) is 4.56. The highest BCUT2D eigenvalue weighted by Crippen LogP contribution is 2.17. The highest BCUT2D eigenvalue weighted by atomic mass is 16.6. The van der Waals surface area contributed by atoms with Crippen molar-refractivity contribution in [3.63, 3.8) is 0 Å². The Kier molecular flexibility index (Phi) is 3.57. The fourth-order valence-corrected chi connectivity index (χ4v) is 1.63. The summed E-state index contributed by atoms with van der Waals surface area (Å²) in [4.78, 5) is 16.2. The van der Waals surface area contributed by atoms with Gasteiger partial charge in [-0.2, -0.15) is 0 Å². The Morgan fingerprint density at radius 3 is 2.78 bits per heavy atom. The van der Waals surface area contributed by atoms with E-state index in [0.29, 0.717) is 12.4 Å². The number of nitrogens with zero attached hydrogens (tertiary/aromatic N) is 3. The minimum Gasteiger partial charge on any atom is -0.472 e. The van der Waals surface area contributed by atoms with E-state index in [9.17, 15) is 10.1 Å². The lowest BCUT2D eigenvalue weighted by atomic mass is 10.3. The van der Waals surface area contributed by atoms with E-state index in [-0.39, 0.29) is 5.69 Å². The third-order valence-electron chi connectivity index (χ3n) is 2.60. The van der Waals surface area contributed by atoms with Crippen LogP contribution in [0.2, 0.25) is 0 Å². The standard InChI is InChI=1S/C12H13N3O3/c1-2-14(8-10-5-6-18-9-10)12-4-3-11(7-13-12)15(16)17/h3-7,9H,2,8H2,1H3. The molecular formula is C12H13N3O3. The number of aromatic nitrogens is 1. The zero-order valence-corrected chi connectivity index (χ0v) is 9.94. The Bertz CT molecular complexity index is 508. The Hall–Kier alpha value is -2.37. The van der Waals surface area contributed by atoms with Crippen LogP contribution in [0.5, 0.6) is 0 Å². The molecule has 0 aliphatic rings. The third kappa shape index (κ3) is 2.65. The van der Waals surface area contributed by atoms with E-state index in [1.54, 1.807) is 18.6 Å². The molecule has 0 aliphatic carbocycles. The highest BCUT2D eigenvalue weighted by molar-refractivity contribution is 5.43. The maximum Gasteiger partial charge on any atom is 0.287 e. The van der Waals surface area contributed by atoms with Crippen LogP contribution in [0.3, 0.4) is 0 Å². The van der Waals surface area contributed by atoms with Crippen molar-refractivity contribution in [2.75, 3.05) is 11.4 Å². The van der Waals surface area contributed by atoms with Gasteiger partial charge in [-0.1, -0.05) is 0 Å². The van der Waals surface area contributed by atoms with Crippen molar-refractivity contribution >= 4 is 11.5 Å². The van der Waals surface area contributed by atoms with Gasteiger partial charge in [0, 0.05) is 24.7 Å². The first-order valence-electron chi connectivity index (χ1n) is 5.57. The number of pyridine rings is 1. The van der Waals surface area contributed by atoms with Gasteiger partial charge in [0.15, 0.2) is 0 Å². The smallest absolute Gasteiger partial charge is 0.287 e. The summed E-state index contributed by atoms with van der Waals surface area (Å²) < 4.78 is 5.01. The number of anilines is 1. The summed E-state index contributed by atoms with van der Waals surface area (Å²) in [5.74, 6) is 0.712. The van der Waals surface area contributed by atoms with Gasteiger partial charge in [0.2, 0.25) is 0 Å². The minimum atomic E-state index is -0.455. The second kappa shape index (κ2) is 5.31. The van der Waals surface area contributed by atoms with Crippen LogP contribution in [0.1, 0.15) is 12.5 Å². The van der Waals surface area contributed by atoms with Gasteiger partial charge in [-0.25, -0.2) is 4.98 Å². The van der Waals surface area contributed by atoms with Crippen LogP contribution in [0.15, 0.2) is 41.3 Å². The first kappa shape index (κ1) is 12.1. The van der Waals surface area contributed by atoms with E-state index >= 15 is 0 Å². The molecule has 0 N–H and O–H groups in total. The summed E-state index contributed by atoms with van der Waals surface area (Å²) in [5, 5.41) is 10.5. The summed E-state index contributed by atoms with van der Waals surface area (Å²) >= 11 is 0. The zero-order chi connectivity index (χ0) is 13.0. The van der Waals surface area contributed by atoms with Crippen molar-refractivity contribution < 1.29 is 9.34 Å². The lowest BCUT2D eigenvalue weighted by Crippen LogP contribution is -2.22. The Morgan fingerprint density at radius 2 is 2.28 bits per heavy atom. The van der Waals surface area contributed by atoms with Crippen LogP contribution in [0, 0.1) is 10.1 Å². The number of furan rings is 1. The average molecular weight is 247 g/mol. The van der Waals surface area contributed by atoms with Crippen molar-refractivity contribution in [3.05, 3.63) is 52.6 Å². The Balaban J connectivity index is 2.14. The average Bonchev–Trinajstić information content (AvgIpc) is 2.89. The predicted octanol–water partition coefficient (Wildman–Crippen LogP) is 2.61. The molecule has 0 unspecified atom stereocenters. The first-order chi connectivity index (χ1) is 8.70. The summed E-state index contributed by atoms with van der Waals surface area (Å²) in [5.41, 5.74) is 1.04. The van der Waals surface area contributed by atoms with Crippen molar-refractivity contribution in [2.45, 2.75) is 13.5 Å². The van der Waals surface area contributed by atoms with Gasteiger partial charge in [0.25, 0.3) is 5.69 Å². The van der Waals surface area contributed by atoms with Crippen LogP contribution in [-0.4, -0.2) is 16.5 Å². The van der Waals surface area contributed by atoms with Crippen molar-refractivity contribution in [1.82, 2.24) is 4.98 Å². The van der Waals surface area contributed by atoms with E-state index in [1.807, 2.05) is 17.9 Å². The van der Waals surface area contributed by atoms with Gasteiger partial charge in [-0.3, -0.25) is 10.1 Å². The molecule has 6 nitrogen and oxygen atoms in total. The molecule has 6 heteroatoms. The van der Waals surface area contributed by atoms with Gasteiger partial charge in [0.1, 0.15) is 12.0 Å². The summed E-state index contributed by atoms with van der Waals surface area (Å²) in [6, 6.07) is 5.00. The number of rotatable bonds is 5. The minimum absolute atomic E-state index is 0.00175. The van der Waals surface area contributed by atoms with Crippen LogP contribution in [0.4, 0.5) is 11.5 Å². The highest BCUT2D eigenvalue weighted by Gasteiger charge is 2.10. The molecule has 2 aromatic rings. The molecule has 0 bridgehead atoms. The molecule has 0 fully saturated rings. The Labute approximate surface area is 104 Å². The third-order valence-corrected chi connectivity index (χ3v) is 2.60. The largest absolute Gasteiger partial charge is 0.472 e. The normalized spacial score (nSPS) is 10.3. The summed E-state index contributed by atoms with van der Waals surface area (Å²) in [6.45, 7) is 3.43. The van der Waals surface area contributed by atoms with E-state index in [0.717, 1.165) is 12.1 Å². The zero-order valence-electron chi connectivity index (χ0n) is 9.94. The monoisotopic (exact) mass is 247 g/mol. The molecule has 0 amide bonds. The molecule has 94 valence electrons. The van der Waals surface area contributed by atoms with Crippen molar-refractivity contribution in [2.24, 2.45) is 0 Å². The van der Waals surface area contributed by atoms with E-state index in [1.165, 1.54) is 12.3 Å². The predicted molar refractivity (Wildman–Crippen MR) is 66.3 cm³/mol. The second-order valence-electron chi connectivity index (χ2n) is 3.78. The van der Waals surface area contributed by atoms with Gasteiger partial charge in [-0.15, -0.1) is 0 Å². The molecule has 0 radical (unpaired) electrons. The first-order valence-corrected chi connectivity index (χ1v) is 5.57. The molecule has 0 aromatic carbocycles. The molecule has 0 aliphatic heterocycles. The van der Waals surface area contributed by atoms with Gasteiger partial charge < -0.3 is 9.32 Å². The number of hydrogen-bond acceptors (Lipinski definition) is 5. The molecule has 2 heterocycles. The summed E-state index contributed by atoms with van der Waals surface area (Å²) in [7, 11) is 0. The fraction of sp³-hybridized carbons (Fsp3) is 0.250. The van der Waals surface area contributed by atoms with Gasteiger partial charge in [0.05, 0.1) is 17.4 Å². The lowest BCUT2D eigenvalue weighted by molar-refractivity contribution is -0.385. The fourth-order valence-electron chi connectivity index (χ4n) is 1.63. The lowest BCUT2D eigenvalue weighted by Gasteiger charge is -2.20. The van der Waals surface area contributed by atoms with E-state index in [2.05, 4.69) is 4.98 Å². The number of hydrogen-bond donors (Lipinski definition) is 0.